The molecule has 0 atom stereocenters. The van der Waals surface area contributed by atoms with E-state index in [0.29, 0.717) is 0 Å². The second-order valence-corrected chi connectivity index (χ2v) is 0. The zero-order chi connectivity index (χ0) is 4.00. The van der Waals surface area contributed by atoms with Crippen LogP contribution < -0.4 is 0 Å². The van der Waals surface area contributed by atoms with Crippen molar-refractivity contribution >= 4 is 25.4 Å². The van der Waals surface area contributed by atoms with Gasteiger partial charge in [0.2, 0.25) is 0 Å². The Labute approximate surface area is 90.3 Å². The van der Waals surface area contributed by atoms with E-state index in [2.05, 4.69) is 0 Å². The van der Waals surface area contributed by atoms with Crippen LogP contribution in [0.2, 0.25) is 0 Å². The van der Waals surface area contributed by atoms with Crippen molar-refractivity contribution in [3.63, 3.8) is 0 Å². The van der Waals surface area contributed by atoms with Crippen molar-refractivity contribution in [2.45, 2.75) is 0 Å². The van der Waals surface area contributed by atoms with Crippen LogP contribution in [0.25, 0.3) is 0 Å². The summed E-state index contributed by atoms with van der Waals surface area (Å²) in [4.78, 5) is 0. The summed E-state index contributed by atoms with van der Waals surface area (Å²) in [6.45, 7) is 0. The van der Waals surface area contributed by atoms with Gasteiger partial charge in [0.05, 0.1) is 0 Å². The molecule has 0 saturated heterocycles. The van der Waals surface area contributed by atoms with E-state index < -0.39 is 0 Å². The van der Waals surface area contributed by atoms with Crippen LogP contribution in [0.3, 0.4) is 0 Å². The molecule has 33 valence electrons. The van der Waals surface area contributed by atoms with Gasteiger partial charge in [0, 0.05) is 22.4 Å². The molecular formula is H6AlNbOSiTaTi. The summed E-state index contributed by atoms with van der Waals surface area (Å²) in [7, 11) is 1.42. The molecule has 0 aromatic rings. The predicted octanol–water partition coefficient (Wildman–Crippen LogP) is -2.49. The van der Waals surface area contributed by atoms with Crippen molar-refractivity contribution in [1.82, 2.24) is 0 Å². The summed E-state index contributed by atoms with van der Waals surface area (Å²) >= 11 is 2.33. The fourth-order valence-electron chi connectivity index (χ4n) is 0. The summed E-state index contributed by atoms with van der Waals surface area (Å²) in [5, 5.41) is 0. The Morgan fingerprint density at radius 1 is 1.33 bits per heavy atom. The van der Waals surface area contributed by atoms with Gasteiger partial charge < -0.3 is 0 Å². The molecule has 0 amide bonds. The Morgan fingerprint density at radius 3 is 1.33 bits per heavy atom. The molecule has 6 heavy (non-hydrogen) atoms. The first-order valence-corrected chi connectivity index (χ1v) is 11.8. The average molecular weight is 399 g/mol. The van der Waals surface area contributed by atoms with Gasteiger partial charge in [-0.25, -0.2) is 0 Å². The van der Waals surface area contributed by atoms with Gasteiger partial charge in [0.25, 0.3) is 0 Å². The Bertz CT molecular complexity index is 15.5. The second kappa shape index (κ2) is 46.8. The maximum absolute atomic E-state index is 8.25. The van der Waals surface area contributed by atoms with Crippen LogP contribution in [0.4, 0.5) is 0 Å². The molecule has 0 N–H and O–H groups in total. The predicted molar refractivity (Wildman–Crippen MR) is 20.6 cm³/mol. The third kappa shape index (κ3) is 29.6. The summed E-state index contributed by atoms with van der Waals surface area (Å²) < 4.78 is 8.25. The van der Waals surface area contributed by atoms with E-state index in [0.717, 1.165) is 20.4 Å². The summed E-state index contributed by atoms with van der Waals surface area (Å²) in [5.74, 6) is 0. The molecule has 0 aromatic heterocycles. The second-order valence-electron chi connectivity index (χ2n) is 0. The first kappa shape index (κ1) is 23.3. The van der Waals surface area contributed by atoms with Crippen molar-refractivity contribution in [1.29, 1.82) is 0 Å². The minimum absolute atomic E-state index is 0. The average Bonchev–Trinajstić information content (AvgIpc) is 1.50. The molecule has 6 heteroatoms. The molecule has 1 radical (unpaired) electrons. The van der Waals surface area contributed by atoms with Crippen molar-refractivity contribution in [2.75, 3.05) is 0 Å². The molecule has 0 aliphatic carbocycles. The van der Waals surface area contributed by atoms with E-state index in [4.69, 9.17) is 3.32 Å². The monoisotopic (exact) mass is 399 g/mol. The van der Waals surface area contributed by atoms with Crippen LogP contribution >= 0.6 is 0 Å². The fraction of sp³-hybridized carbons (Fsp3) is 0. The molecule has 0 saturated carbocycles. The molecule has 0 heterocycles. The van der Waals surface area contributed by atoms with Gasteiger partial charge in [-0.15, -0.1) is 0 Å². The van der Waals surface area contributed by atoms with Crippen LogP contribution in [0.1, 0.15) is 0 Å². The molecule has 1 nitrogen and oxygen atoms in total. The van der Waals surface area contributed by atoms with Gasteiger partial charge >= 0.3 is 52.0 Å². The number of hydrogen-bond donors (Lipinski definition) is 0. The number of hydrogen-bond acceptors (Lipinski definition) is 1. The SMILES string of the molecule is [AlH3].[Nb].[O]=[Ti].[SiH3][Ta]. The van der Waals surface area contributed by atoms with Crippen molar-refractivity contribution in [2.24, 2.45) is 0 Å². The zero-order valence-corrected chi connectivity index (χ0v) is 11.8. The third-order valence-corrected chi connectivity index (χ3v) is 0. The molecule has 0 fully saturated rings. The van der Waals surface area contributed by atoms with Crippen molar-refractivity contribution < 1.29 is 66.4 Å². The van der Waals surface area contributed by atoms with Gasteiger partial charge in [0.15, 0.2) is 17.4 Å². The summed E-state index contributed by atoms with van der Waals surface area (Å²) in [6.07, 6.45) is 0. The van der Waals surface area contributed by atoms with Crippen molar-refractivity contribution in [3.05, 3.63) is 0 Å². The van der Waals surface area contributed by atoms with Crippen LogP contribution in [-0.4, -0.2) is 25.4 Å². The molecule has 0 spiro atoms. The van der Waals surface area contributed by atoms with Crippen LogP contribution in [-0.2, 0) is 66.4 Å². The summed E-state index contributed by atoms with van der Waals surface area (Å²) in [5.41, 5.74) is 0. The van der Waals surface area contributed by atoms with Gasteiger partial charge in [0.1, 0.15) is 0 Å². The van der Waals surface area contributed by atoms with E-state index in [1.165, 1.54) is 8.00 Å². The van der Waals surface area contributed by atoms with Crippen LogP contribution in [0, 0.1) is 0 Å². The van der Waals surface area contributed by atoms with Crippen LogP contribution in [0.15, 0.2) is 0 Å². The third-order valence-electron chi connectivity index (χ3n) is 0. The van der Waals surface area contributed by atoms with E-state index in [-0.39, 0.29) is 39.7 Å². The van der Waals surface area contributed by atoms with Gasteiger partial charge in [-0.2, -0.15) is 0 Å². The normalized spacial score (nSPS) is 1.83. The van der Waals surface area contributed by atoms with E-state index in [9.17, 15) is 0 Å². The topological polar surface area (TPSA) is 17.1 Å². The Balaban J connectivity index is -0.00000000500. The molecule has 0 rings (SSSR count). The first-order chi connectivity index (χ1) is 2.00. The Hall–Kier alpha value is 2.74. The van der Waals surface area contributed by atoms with E-state index in [1.807, 2.05) is 0 Å². The fourth-order valence-corrected chi connectivity index (χ4v) is 0. The standard InChI is InChI=1S/Al.Nb.O.H3Si.Ta.Ti.3H/h;;;1H3;;;;;. The number of rotatable bonds is 0. The minimum atomic E-state index is 0. The van der Waals surface area contributed by atoms with Crippen molar-refractivity contribution in [3.8, 4) is 0 Å². The van der Waals surface area contributed by atoms with Gasteiger partial charge in [-0.1, -0.05) is 0 Å². The maximum atomic E-state index is 8.25. The molecule has 0 unspecified atom stereocenters. The molecule has 0 aromatic carbocycles. The summed E-state index contributed by atoms with van der Waals surface area (Å²) in [6, 6.07) is 0. The van der Waals surface area contributed by atoms with Gasteiger partial charge in [-0.05, 0) is 0 Å². The molecule has 0 aliphatic rings. The molecule has 0 aliphatic heterocycles. The quantitative estimate of drug-likeness (QED) is 0.413. The van der Waals surface area contributed by atoms with Crippen LogP contribution in [0.5, 0.6) is 0 Å². The van der Waals surface area contributed by atoms with E-state index >= 15 is 0 Å². The first-order valence-electron chi connectivity index (χ1n) is 0.651. The van der Waals surface area contributed by atoms with Gasteiger partial charge in [-0.3, -0.25) is 0 Å². The molecule has 0 bridgehead atoms. The Morgan fingerprint density at radius 2 is 1.33 bits per heavy atom. The zero-order valence-electron chi connectivity index (χ0n) is 2.80. The Kier molecular flexibility index (Phi) is 182. The molecular weight excluding hydrogens is 393 g/mol. The van der Waals surface area contributed by atoms with E-state index in [1.54, 1.807) is 20.3 Å².